The lowest BCUT2D eigenvalue weighted by molar-refractivity contribution is 0.305. The van der Waals surface area contributed by atoms with Crippen LogP contribution in [-0.2, 0) is 0 Å². The first-order valence-corrected chi connectivity index (χ1v) is 15.7. The third kappa shape index (κ3) is 4.56. The van der Waals surface area contributed by atoms with Crippen LogP contribution in [0.5, 0.6) is 0 Å². The Balaban J connectivity index is 1.48. The predicted molar refractivity (Wildman–Crippen MR) is 153 cm³/mol. The summed E-state index contributed by atoms with van der Waals surface area (Å²) in [6, 6.07) is 4.63. The van der Waals surface area contributed by atoms with E-state index >= 15 is 0 Å². The fourth-order valence-electron chi connectivity index (χ4n) is 9.70. The molecule has 3 saturated heterocycles. The van der Waals surface area contributed by atoms with E-state index in [1.54, 1.807) is 22.3 Å². The van der Waals surface area contributed by atoms with E-state index in [1.165, 1.54) is 51.4 Å². The third-order valence-corrected chi connectivity index (χ3v) is 11.9. The highest BCUT2D eigenvalue weighted by Crippen LogP contribution is 2.42. The summed E-state index contributed by atoms with van der Waals surface area (Å²) in [7, 11) is 0. The number of hydrogen-bond donors (Lipinski definition) is 4. The molecule has 12 unspecified atom stereocenters. The van der Waals surface area contributed by atoms with Crippen LogP contribution < -0.4 is 21.3 Å². The second kappa shape index (κ2) is 10.8. The maximum atomic E-state index is 4.22. The molecule has 0 aromatic rings. The van der Waals surface area contributed by atoms with E-state index < -0.39 is 0 Å². The molecule has 12 atom stereocenters. The van der Waals surface area contributed by atoms with Gasteiger partial charge < -0.3 is 21.3 Å². The van der Waals surface area contributed by atoms with Gasteiger partial charge in [-0.3, -0.25) is 0 Å². The average molecular weight is 497 g/mol. The minimum Gasteiger partial charge on any atom is -0.311 e. The second-order valence-corrected chi connectivity index (χ2v) is 13.2. The standard InChI is InChI=1S/C32H56N4/c1-9-21-17(5)25-14-30-23(11-3)19(7)27(35-30)16-32-24(12-4)20(8)28(36-32)15-31-22(10-2)18(6)26(34-31)13-29(21)33-25/h17,20-21,24-36H,9-16H2,1-8H3. The number of hydrogen-bond acceptors (Lipinski definition) is 4. The molecule has 5 aliphatic heterocycles. The van der Waals surface area contributed by atoms with Crippen molar-refractivity contribution in [3.8, 4) is 0 Å². The monoisotopic (exact) mass is 496 g/mol. The molecule has 4 heteroatoms. The molecule has 5 heterocycles. The molecule has 0 saturated carbocycles. The Hall–Kier alpha value is -0.680. The zero-order chi connectivity index (χ0) is 25.7. The SMILES string of the molecule is CCC1=C(C)C2CC3NC(CC4NC(CC5NC(CC1N2)C(C)C5CC)C(C)=C4CC)C(C)C3CC. The quantitative estimate of drug-likeness (QED) is 0.377. The zero-order valence-corrected chi connectivity index (χ0v) is 24.6. The average Bonchev–Trinajstić information content (AvgIpc) is 3.51. The van der Waals surface area contributed by atoms with Crippen LogP contribution in [0, 0.1) is 23.7 Å². The molecule has 0 amide bonds. The third-order valence-electron chi connectivity index (χ3n) is 11.9. The minimum atomic E-state index is 0.534. The normalized spacial score (nSPS) is 47.3. The molecule has 36 heavy (non-hydrogen) atoms. The Morgan fingerprint density at radius 3 is 1.22 bits per heavy atom. The number of fused-ring (bicyclic) bond motifs is 8. The van der Waals surface area contributed by atoms with Crippen LogP contribution in [0.25, 0.3) is 0 Å². The lowest BCUT2D eigenvalue weighted by atomic mass is 9.81. The van der Waals surface area contributed by atoms with Crippen molar-refractivity contribution in [2.24, 2.45) is 23.7 Å². The van der Waals surface area contributed by atoms with Gasteiger partial charge in [0.2, 0.25) is 0 Å². The van der Waals surface area contributed by atoms with Crippen LogP contribution in [0.2, 0.25) is 0 Å². The molecule has 8 bridgehead atoms. The molecular weight excluding hydrogens is 440 g/mol. The van der Waals surface area contributed by atoms with Crippen LogP contribution in [0.15, 0.2) is 22.3 Å². The van der Waals surface area contributed by atoms with Gasteiger partial charge in [-0.25, -0.2) is 0 Å². The van der Waals surface area contributed by atoms with E-state index in [0.29, 0.717) is 48.3 Å². The van der Waals surface area contributed by atoms with Gasteiger partial charge in [-0.15, -0.1) is 0 Å². The maximum absolute atomic E-state index is 4.22. The van der Waals surface area contributed by atoms with Gasteiger partial charge in [-0.05, 0) is 76.0 Å². The van der Waals surface area contributed by atoms with E-state index in [0.717, 1.165) is 23.7 Å². The molecule has 0 aromatic heterocycles. The van der Waals surface area contributed by atoms with Gasteiger partial charge in [0, 0.05) is 48.3 Å². The van der Waals surface area contributed by atoms with Gasteiger partial charge >= 0.3 is 0 Å². The molecule has 0 spiro atoms. The topological polar surface area (TPSA) is 48.1 Å². The summed E-state index contributed by atoms with van der Waals surface area (Å²) in [5, 5.41) is 16.8. The summed E-state index contributed by atoms with van der Waals surface area (Å²) in [6.07, 6.45) is 9.93. The Labute approximate surface area is 222 Å². The van der Waals surface area contributed by atoms with Crippen LogP contribution in [0.1, 0.15) is 107 Å². The summed E-state index contributed by atoms with van der Waals surface area (Å²) in [4.78, 5) is 0. The van der Waals surface area contributed by atoms with E-state index in [4.69, 9.17) is 0 Å². The molecule has 5 rings (SSSR count). The molecule has 0 aromatic carbocycles. The van der Waals surface area contributed by atoms with Crippen molar-refractivity contribution < 1.29 is 0 Å². The molecule has 5 aliphatic rings. The molecule has 3 fully saturated rings. The van der Waals surface area contributed by atoms with Gasteiger partial charge in [0.1, 0.15) is 0 Å². The van der Waals surface area contributed by atoms with Crippen LogP contribution in [0.4, 0.5) is 0 Å². The highest BCUT2D eigenvalue weighted by molar-refractivity contribution is 5.32. The van der Waals surface area contributed by atoms with Gasteiger partial charge in [0.15, 0.2) is 0 Å². The van der Waals surface area contributed by atoms with E-state index in [2.05, 4.69) is 76.7 Å². The fourth-order valence-corrected chi connectivity index (χ4v) is 9.70. The first-order chi connectivity index (χ1) is 17.3. The molecular formula is C32H56N4. The van der Waals surface area contributed by atoms with Gasteiger partial charge in [-0.1, -0.05) is 76.7 Å². The number of nitrogens with one attached hydrogen (secondary N) is 4. The Bertz CT molecular complexity index is 790. The second-order valence-electron chi connectivity index (χ2n) is 13.2. The smallest absolute Gasteiger partial charge is 0.0303 e. The first kappa shape index (κ1) is 26.9. The van der Waals surface area contributed by atoms with Crippen molar-refractivity contribution in [1.29, 1.82) is 0 Å². The van der Waals surface area contributed by atoms with Crippen LogP contribution in [-0.4, -0.2) is 48.3 Å². The van der Waals surface area contributed by atoms with Crippen molar-refractivity contribution in [1.82, 2.24) is 21.3 Å². The predicted octanol–water partition coefficient (Wildman–Crippen LogP) is 5.70. The largest absolute Gasteiger partial charge is 0.311 e. The molecule has 4 nitrogen and oxygen atoms in total. The number of rotatable bonds is 4. The van der Waals surface area contributed by atoms with Crippen LogP contribution in [0.3, 0.4) is 0 Å². The van der Waals surface area contributed by atoms with Gasteiger partial charge in [0.25, 0.3) is 0 Å². The minimum absolute atomic E-state index is 0.534. The van der Waals surface area contributed by atoms with Gasteiger partial charge in [0.05, 0.1) is 0 Å². The van der Waals surface area contributed by atoms with Crippen molar-refractivity contribution in [3.63, 3.8) is 0 Å². The summed E-state index contributed by atoms with van der Waals surface area (Å²) in [5.74, 6) is 3.04. The molecule has 204 valence electrons. The summed E-state index contributed by atoms with van der Waals surface area (Å²) in [6.45, 7) is 19.6. The van der Waals surface area contributed by atoms with E-state index in [1.807, 2.05) is 0 Å². The highest BCUT2D eigenvalue weighted by atomic mass is 15.1. The van der Waals surface area contributed by atoms with Gasteiger partial charge in [-0.2, -0.15) is 0 Å². The van der Waals surface area contributed by atoms with Crippen molar-refractivity contribution in [2.75, 3.05) is 0 Å². The van der Waals surface area contributed by atoms with Crippen LogP contribution >= 0.6 is 0 Å². The lowest BCUT2D eigenvalue weighted by Gasteiger charge is -2.27. The molecule has 4 N–H and O–H groups in total. The Morgan fingerprint density at radius 1 is 0.528 bits per heavy atom. The summed E-state index contributed by atoms with van der Waals surface area (Å²) in [5.41, 5.74) is 6.72. The Morgan fingerprint density at radius 2 is 0.889 bits per heavy atom. The highest BCUT2D eigenvalue weighted by Gasteiger charge is 2.47. The molecule has 0 aliphatic carbocycles. The first-order valence-electron chi connectivity index (χ1n) is 15.7. The summed E-state index contributed by atoms with van der Waals surface area (Å²) >= 11 is 0. The molecule has 0 radical (unpaired) electrons. The van der Waals surface area contributed by atoms with E-state index in [-0.39, 0.29) is 0 Å². The van der Waals surface area contributed by atoms with E-state index in [9.17, 15) is 0 Å². The maximum Gasteiger partial charge on any atom is 0.0303 e. The summed E-state index contributed by atoms with van der Waals surface area (Å²) < 4.78 is 0. The van der Waals surface area contributed by atoms with Crippen molar-refractivity contribution >= 4 is 0 Å². The fraction of sp³-hybridized carbons (Fsp3) is 0.875. The zero-order valence-electron chi connectivity index (χ0n) is 24.6. The Kier molecular flexibility index (Phi) is 8.09. The van der Waals surface area contributed by atoms with Crippen molar-refractivity contribution in [2.45, 2.75) is 155 Å². The van der Waals surface area contributed by atoms with Crippen molar-refractivity contribution in [3.05, 3.63) is 22.3 Å². The lowest BCUT2D eigenvalue weighted by Crippen LogP contribution is -2.46.